The number of thiophene rings is 1. The largest absolute Gasteiger partial charge is 0.397 e. The van der Waals surface area contributed by atoms with Gasteiger partial charge in [0.15, 0.2) is 0 Å². The van der Waals surface area contributed by atoms with Gasteiger partial charge in [-0.05, 0) is 54.0 Å². The van der Waals surface area contributed by atoms with Crippen LogP contribution in [0, 0.1) is 0 Å². The molecule has 1 saturated carbocycles. The van der Waals surface area contributed by atoms with Gasteiger partial charge in [-0.2, -0.15) is 0 Å². The molecule has 5 heteroatoms. The maximum Gasteiger partial charge on any atom is 0.119 e. The molecule has 1 aromatic carbocycles. The second kappa shape index (κ2) is 5.89. The Kier molecular flexibility index (Phi) is 3.73. The number of benzene rings is 1. The van der Waals surface area contributed by atoms with Gasteiger partial charge in [0.2, 0.25) is 0 Å². The third-order valence-electron chi connectivity index (χ3n) is 4.39. The van der Waals surface area contributed by atoms with Crippen molar-refractivity contribution in [2.45, 2.75) is 25.4 Å². The van der Waals surface area contributed by atoms with Crippen LogP contribution in [0.4, 0.5) is 15.8 Å². The summed E-state index contributed by atoms with van der Waals surface area (Å²) >= 11 is 1.71. The Hall–Kier alpha value is -2.01. The zero-order valence-electron chi connectivity index (χ0n) is 12.9. The highest BCUT2D eigenvalue weighted by molar-refractivity contribution is 7.13. The minimum atomic E-state index is -0.721. The maximum absolute atomic E-state index is 13.6. The van der Waals surface area contributed by atoms with Crippen LogP contribution < -0.4 is 11.1 Å². The van der Waals surface area contributed by atoms with Gasteiger partial charge in [0.1, 0.15) is 12.0 Å². The van der Waals surface area contributed by atoms with Crippen molar-refractivity contribution in [2.75, 3.05) is 24.1 Å². The zero-order chi connectivity index (χ0) is 15.8. The number of likely N-dealkylation sites (tertiary alicyclic amines) is 1. The summed E-state index contributed by atoms with van der Waals surface area (Å²) in [4.78, 5) is 3.35. The molecule has 1 unspecified atom stereocenters. The highest BCUT2D eigenvalue weighted by atomic mass is 32.1. The van der Waals surface area contributed by atoms with Gasteiger partial charge in [0.25, 0.3) is 0 Å². The Morgan fingerprint density at radius 1 is 1.30 bits per heavy atom. The maximum atomic E-state index is 13.6. The fourth-order valence-electron chi connectivity index (χ4n) is 3.00. The number of nitrogens with two attached hydrogens (primary N) is 1. The Balaban J connectivity index is 1.62. The number of alkyl halides is 1. The van der Waals surface area contributed by atoms with Gasteiger partial charge in [-0.25, -0.2) is 4.39 Å². The molecule has 4 rings (SSSR count). The highest BCUT2D eigenvalue weighted by Gasteiger charge is 2.29. The van der Waals surface area contributed by atoms with Gasteiger partial charge >= 0.3 is 0 Å². The number of allylic oxidation sites excluding steroid dienone is 1. The molecule has 1 saturated heterocycles. The molecule has 0 bridgehead atoms. The Labute approximate surface area is 139 Å². The van der Waals surface area contributed by atoms with E-state index < -0.39 is 6.17 Å². The third-order valence-corrected chi connectivity index (χ3v) is 5.31. The van der Waals surface area contributed by atoms with E-state index in [-0.39, 0.29) is 0 Å². The molecule has 1 atom stereocenters. The molecule has 2 aliphatic rings. The van der Waals surface area contributed by atoms with E-state index in [0.29, 0.717) is 13.0 Å². The Morgan fingerprint density at radius 2 is 2.17 bits per heavy atom. The summed E-state index contributed by atoms with van der Waals surface area (Å²) < 4.78 is 13.6. The normalized spacial score (nSPS) is 20.0. The number of nitrogens with zero attached hydrogens (tertiary/aromatic N) is 1. The van der Waals surface area contributed by atoms with Gasteiger partial charge in [0.05, 0.1) is 17.9 Å². The first kappa shape index (κ1) is 14.6. The SMILES string of the molecule is Nc1ccc(-c2cccs2)cc1NC(=C1CC1)N1CCC(F)C1. The predicted octanol–water partition coefficient (Wildman–Crippen LogP) is 4.46. The summed E-state index contributed by atoms with van der Waals surface area (Å²) in [6.07, 6.45) is 2.09. The number of rotatable bonds is 4. The van der Waals surface area contributed by atoms with Crippen LogP contribution in [-0.2, 0) is 0 Å². The summed E-state index contributed by atoms with van der Waals surface area (Å²) in [6.45, 7) is 1.26. The molecule has 3 nitrogen and oxygen atoms in total. The molecule has 0 radical (unpaired) electrons. The van der Waals surface area contributed by atoms with E-state index >= 15 is 0 Å². The second-order valence-corrected chi connectivity index (χ2v) is 7.14. The van der Waals surface area contributed by atoms with Gasteiger partial charge in [-0.1, -0.05) is 12.1 Å². The van der Waals surface area contributed by atoms with E-state index in [9.17, 15) is 4.39 Å². The first-order chi connectivity index (χ1) is 11.2. The lowest BCUT2D eigenvalue weighted by Crippen LogP contribution is -2.25. The van der Waals surface area contributed by atoms with Crippen molar-refractivity contribution in [3.8, 4) is 10.4 Å². The molecule has 1 aliphatic carbocycles. The second-order valence-electron chi connectivity index (χ2n) is 6.19. The van der Waals surface area contributed by atoms with Crippen LogP contribution in [-0.4, -0.2) is 24.2 Å². The van der Waals surface area contributed by atoms with Crippen molar-refractivity contribution in [3.63, 3.8) is 0 Å². The summed E-state index contributed by atoms with van der Waals surface area (Å²) in [6, 6.07) is 10.2. The van der Waals surface area contributed by atoms with Crippen LogP contribution in [0.25, 0.3) is 10.4 Å². The lowest BCUT2D eigenvalue weighted by molar-refractivity contribution is 0.325. The van der Waals surface area contributed by atoms with Crippen LogP contribution in [0.1, 0.15) is 19.3 Å². The number of hydrogen-bond acceptors (Lipinski definition) is 4. The number of hydrogen-bond donors (Lipinski definition) is 2. The first-order valence-corrected chi connectivity index (χ1v) is 8.90. The van der Waals surface area contributed by atoms with Crippen LogP contribution in [0.15, 0.2) is 47.1 Å². The molecule has 3 N–H and O–H groups in total. The molecule has 23 heavy (non-hydrogen) atoms. The quantitative estimate of drug-likeness (QED) is 0.814. The average Bonchev–Trinajstić information content (AvgIpc) is 3.06. The molecule has 120 valence electrons. The summed E-state index contributed by atoms with van der Waals surface area (Å²) in [5, 5.41) is 5.56. The number of nitrogens with one attached hydrogen (secondary N) is 1. The molecule has 0 spiro atoms. The van der Waals surface area contributed by atoms with Crippen LogP contribution in [0.5, 0.6) is 0 Å². The van der Waals surface area contributed by atoms with E-state index in [4.69, 9.17) is 5.73 Å². The molecule has 2 fully saturated rings. The minimum absolute atomic E-state index is 0.482. The van der Waals surface area contributed by atoms with Gasteiger partial charge in [-0.3, -0.25) is 0 Å². The van der Waals surface area contributed by atoms with Crippen LogP contribution in [0.2, 0.25) is 0 Å². The van der Waals surface area contributed by atoms with E-state index in [1.807, 2.05) is 18.2 Å². The van der Waals surface area contributed by atoms with E-state index in [2.05, 4.69) is 27.7 Å². The molecule has 0 amide bonds. The van der Waals surface area contributed by atoms with Gasteiger partial charge < -0.3 is 16.0 Å². The molecule has 2 aromatic rings. The van der Waals surface area contributed by atoms with Crippen molar-refractivity contribution < 1.29 is 4.39 Å². The van der Waals surface area contributed by atoms with Crippen molar-refractivity contribution in [1.29, 1.82) is 0 Å². The third kappa shape index (κ3) is 3.06. The number of halogens is 1. The number of nitrogen functional groups attached to an aromatic ring is 1. The van der Waals surface area contributed by atoms with Crippen molar-refractivity contribution in [2.24, 2.45) is 0 Å². The van der Waals surface area contributed by atoms with Crippen molar-refractivity contribution in [1.82, 2.24) is 4.90 Å². The summed E-state index contributed by atoms with van der Waals surface area (Å²) in [5.41, 5.74) is 10.3. The minimum Gasteiger partial charge on any atom is -0.397 e. The van der Waals surface area contributed by atoms with Crippen molar-refractivity contribution >= 4 is 22.7 Å². The predicted molar refractivity (Wildman–Crippen MR) is 95.1 cm³/mol. The van der Waals surface area contributed by atoms with Crippen molar-refractivity contribution in [3.05, 3.63) is 47.1 Å². The molecule has 1 aromatic heterocycles. The van der Waals surface area contributed by atoms with E-state index in [1.165, 1.54) is 10.5 Å². The topological polar surface area (TPSA) is 41.3 Å². The standard InChI is InChI=1S/C18H20FN3S/c19-14-7-8-22(11-14)18(12-3-4-12)21-16-10-13(5-6-15(16)20)17-2-1-9-23-17/h1-2,5-6,9-10,14,21H,3-4,7-8,11,20H2. The van der Waals surface area contributed by atoms with Gasteiger partial charge in [0, 0.05) is 11.4 Å². The molecular weight excluding hydrogens is 309 g/mol. The fourth-order valence-corrected chi connectivity index (χ4v) is 3.72. The monoisotopic (exact) mass is 329 g/mol. The molecule has 2 heterocycles. The van der Waals surface area contributed by atoms with Crippen LogP contribution >= 0.6 is 11.3 Å². The van der Waals surface area contributed by atoms with E-state index in [1.54, 1.807) is 11.3 Å². The molecular formula is C18H20FN3S. The Morgan fingerprint density at radius 3 is 2.83 bits per heavy atom. The lowest BCUT2D eigenvalue weighted by Gasteiger charge is -2.24. The fraction of sp³-hybridized carbons (Fsp3) is 0.333. The summed E-state index contributed by atoms with van der Waals surface area (Å²) in [7, 11) is 0. The first-order valence-electron chi connectivity index (χ1n) is 8.02. The zero-order valence-corrected chi connectivity index (χ0v) is 13.7. The highest BCUT2D eigenvalue weighted by Crippen LogP contribution is 2.37. The Bertz CT molecular complexity index is 733. The van der Waals surface area contributed by atoms with Gasteiger partial charge in [-0.15, -0.1) is 11.3 Å². The average molecular weight is 329 g/mol. The lowest BCUT2D eigenvalue weighted by atomic mass is 10.1. The van der Waals surface area contributed by atoms with Crippen LogP contribution in [0.3, 0.4) is 0 Å². The van der Waals surface area contributed by atoms with E-state index in [0.717, 1.165) is 42.1 Å². The number of anilines is 2. The molecule has 1 aliphatic heterocycles. The summed E-state index contributed by atoms with van der Waals surface area (Å²) in [5.74, 6) is 1.07. The smallest absolute Gasteiger partial charge is 0.119 e.